The van der Waals surface area contributed by atoms with Crippen LogP contribution in [0.15, 0.2) is 47.8 Å². The lowest BCUT2D eigenvalue weighted by molar-refractivity contribution is -0.113. The number of likely N-dealkylation sites (N-methyl/N-ethyl adjacent to an activating group) is 1. The molecule has 196 valence electrons. The van der Waals surface area contributed by atoms with Crippen molar-refractivity contribution in [3.63, 3.8) is 0 Å². The topological polar surface area (TPSA) is 124 Å². The first kappa shape index (κ1) is 24.0. The van der Waals surface area contributed by atoms with E-state index in [1.165, 1.54) is 0 Å². The second kappa shape index (κ2) is 9.53. The van der Waals surface area contributed by atoms with Gasteiger partial charge in [0.05, 0.1) is 17.1 Å². The SMILES string of the molecule is CCN1CCN(c2cc(-c3n[nH]c4ccc(NC(=O)C5=C(C)N(C)c6nnnn6[C@@H]5C)cc34)ccn2)CC1. The summed E-state index contributed by atoms with van der Waals surface area (Å²) in [6, 6.07) is 9.55. The summed E-state index contributed by atoms with van der Waals surface area (Å²) in [6.45, 7) is 11.1. The Balaban J connectivity index is 1.27. The van der Waals surface area contributed by atoms with Crippen LogP contribution in [-0.4, -0.2) is 86.0 Å². The zero-order valence-electron chi connectivity index (χ0n) is 22.0. The minimum atomic E-state index is -0.293. The Morgan fingerprint density at radius 2 is 1.97 bits per heavy atom. The molecule has 12 heteroatoms. The van der Waals surface area contributed by atoms with Crippen LogP contribution in [-0.2, 0) is 4.79 Å². The fourth-order valence-electron chi connectivity index (χ4n) is 5.31. The second-order valence-electron chi connectivity index (χ2n) is 9.77. The molecule has 12 nitrogen and oxygen atoms in total. The van der Waals surface area contributed by atoms with Gasteiger partial charge in [-0.15, -0.1) is 0 Å². The van der Waals surface area contributed by atoms with E-state index in [4.69, 9.17) is 0 Å². The molecule has 1 saturated heterocycles. The number of nitrogens with one attached hydrogen (secondary N) is 2. The van der Waals surface area contributed by atoms with Gasteiger partial charge < -0.3 is 20.0 Å². The maximum Gasteiger partial charge on any atom is 0.255 e. The normalized spacial score (nSPS) is 18.3. The molecule has 2 N–H and O–H groups in total. The zero-order valence-corrected chi connectivity index (χ0v) is 22.0. The molecule has 4 aromatic rings. The predicted octanol–water partition coefficient (Wildman–Crippen LogP) is 2.68. The molecule has 2 aliphatic rings. The van der Waals surface area contributed by atoms with Gasteiger partial charge in [-0.2, -0.15) is 5.10 Å². The quantitative estimate of drug-likeness (QED) is 0.414. The van der Waals surface area contributed by atoms with Gasteiger partial charge in [0.1, 0.15) is 11.5 Å². The minimum absolute atomic E-state index is 0.190. The molecule has 1 aromatic carbocycles. The average Bonchev–Trinajstić information content (AvgIpc) is 3.60. The number of tetrazole rings is 1. The van der Waals surface area contributed by atoms with Crippen LogP contribution in [0, 0.1) is 0 Å². The lowest BCUT2D eigenvalue weighted by Gasteiger charge is -2.34. The number of allylic oxidation sites excluding steroid dienone is 1. The number of aromatic amines is 1. The van der Waals surface area contributed by atoms with Crippen molar-refractivity contribution in [2.45, 2.75) is 26.8 Å². The first-order valence-electron chi connectivity index (χ1n) is 12.9. The van der Waals surface area contributed by atoms with Gasteiger partial charge in [0, 0.05) is 61.8 Å². The molecule has 3 aromatic heterocycles. The largest absolute Gasteiger partial charge is 0.354 e. The molecule has 6 rings (SSSR count). The van der Waals surface area contributed by atoms with Gasteiger partial charge in [-0.25, -0.2) is 9.67 Å². The molecule has 38 heavy (non-hydrogen) atoms. The number of carbonyl (C=O) groups is 1. The molecule has 0 aliphatic carbocycles. The number of rotatable bonds is 5. The van der Waals surface area contributed by atoms with Gasteiger partial charge in [-0.05, 0) is 61.2 Å². The van der Waals surface area contributed by atoms with Gasteiger partial charge in [-0.1, -0.05) is 12.0 Å². The van der Waals surface area contributed by atoms with Crippen LogP contribution in [0.1, 0.15) is 26.8 Å². The fraction of sp³-hybridized carbons (Fsp3) is 0.385. The van der Waals surface area contributed by atoms with Crippen LogP contribution >= 0.6 is 0 Å². The maximum atomic E-state index is 13.4. The number of nitrogens with zero attached hydrogens (tertiary/aromatic N) is 9. The third-order valence-corrected chi connectivity index (χ3v) is 7.68. The monoisotopic (exact) mass is 513 g/mol. The molecule has 0 bridgehead atoms. The highest BCUT2D eigenvalue weighted by molar-refractivity contribution is 6.07. The van der Waals surface area contributed by atoms with Gasteiger partial charge >= 0.3 is 0 Å². The molecular formula is C26H31N11O. The summed E-state index contributed by atoms with van der Waals surface area (Å²) in [5.41, 5.74) is 4.81. The van der Waals surface area contributed by atoms with E-state index in [1.807, 2.05) is 56.3 Å². The molecule has 0 saturated carbocycles. The third kappa shape index (κ3) is 4.06. The Labute approximate surface area is 220 Å². The molecule has 1 amide bonds. The first-order valence-corrected chi connectivity index (χ1v) is 12.9. The van der Waals surface area contributed by atoms with Crippen LogP contribution in [0.2, 0.25) is 0 Å². The van der Waals surface area contributed by atoms with E-state index < -0.39 is 0 Å². The number of piperazine rings is 1. The fourth-order valence-corrected chi connectivity index (χ4v) is 5.31. The lowest BCUT2D eigenvalue weighted by atomic mass is 10.0. The van der Waals surface area contributed by atoms with Crippen LogP contribution in [0.5, 0.6) is 0 Å². The molecule has 0 spiro atoms. The second-order valence-corrected chi connectivity index (χ2v) is 9.77. The van der Waals surface area contributed by atoms with E-state index in [-0.39, 0.29) is 11.9 Å². The zero-order chi connectivity index (χ0) is 26.4. The van der Waals surface area contributed by atoms with Gasteiger partial charge in [0.25, 0.3) is 5.91 Å². The van der Waals surface area contributed by atoms with Gasteiger partial charge in [0.2, 0.25) is 5.95 Å². The predicted molar refractivity (Wildman–Crippen MR) is 146 cm³/mol. The van der Waals surface area contributed by atoms with E-state index in [1.54, 1.807) is 4.68 Å². The number of hydrogen-bond donors (Lipinski definition) is 2. The number of benzene rings is 1. The minimum Gasteiger partial charge on any atom is -0.354 e. The van der Waals surface area contributed by atoms with Crippen molar-refractivity contribution in [2.75, 3.05) is 54.9 Å². The van der Waals surface area contributed by atoms with Crippen LogP contribution < -0.4 is 15.1 Å². The summed E-state index contributed by atoms with van der Waals surface area (Å²) >= 11 is 0. The molecule has 1 atom stereocenters. The average molecular weight is 514 g/mol. The molecule has 5 heterocycles. The Morgan fingerprint density at radius 3 is 2.76 bits per heavy atom. The summed E-state index contributed by atoms with van der Waals surface area (Å²) in [5.74, 6) is 1.38. The van der Waals surface area contributed by atoms with E-state index in [9.17, 15) is 4.79 Å². The van der Waals surface area contributed by atoms with Crippen molar-refractivity contribution < 1.29 is 4.79 Å². The highest BCUT2D eigenvalue weighted by Gasteiger charge is 2.32. The standard InChI is InChI=1S/C26H31N11O/c1-5-35-10-12-36(13-11-35)22-14-18(8-9-27-22)24-20-15-19(6-7-21(20)29-30-24)28-25(38)23-16(2)34(4)26-31-32-33-37(26)17(23)3/h6-9,14-15,17H,5,10-13H2,1-4H3,(H,28,38)(H,29,30)/t17-/m1/s1. The van der Waals surface area contributed by atoms with E-state index >= 15 is 0 Å². The summed E-state index contributed by atoms with van der Waals surface area (Å²) in [7, 11) is 1.85. The molecule has 0 radical (unpaired) electrons. The Kier molecular flexibility index (Phi) is 6.03. The Bertz CT molecular complexity index is 1530. The number of carbonyl (C=O) groups excluding carboxylic acids is 1. The molecule has 2 aliphatic heterocycles. The molecular weight excluding hydrogens is 482 g/mol. The van der Waals surface area contributed by atoms with Crippen LogP contribution in [0.4, 0.5) is 17.5 Å². The van der Waals surface area contributed by atoms with Crippen molar-refractivity contribution in [3.05, 3.63) is 47.8 Å². The number of anilines is 3. The van der Waals surface area contributed by atoms with Gasteiger partial charge in [0.15, 0.2) is 0 Å². The van der Waals surface area contributed by atoms with Gasteiger partial charge in [-0.3, -0.25) is 9.89 Å². The lowest BCUT2D eigenvalue weighted by Crippen LogP contribution is -2.46. The molecule has 1 fully saturated rings. The van der Waals surface area contributed by atoms with Crippen molar-refractivity contribution in [2.24, 2.45) is 0 Å². The summed E-state index contributed by atoms with van der Waals surface area (Å²) < 4.78 is 1.66. The van der Waals surface area contributed by atoms with E-state index in [0.717, 1.165) is 66.4 Å². The van der Waals surface area contributed by atoms with E-state index in [2.05, 4.69) is 58.8 Å². The highest BCUT2D eigenvalue weighted by atomic mass is 16.1. The Morgan fingerprint density at radius 1 is 1.16 bits per heavy atom. The number of H-pyrrole nitrogens is 1. The van der Waals surface area contributed by atoms with Crippen molar-refractivity contribution in [3.8, 4) is 11.3 Å². The maximum absolute atomic E-state index is 13.4. The van der Waals surface area contributed by atoms with Crippen molar-refractivity contribution in [1.29, 1.82) is 0 Å². The smallest absolute Gasteiger partial charge is 0.255 e. The third-order valence-electron chi connectivity index (χ3n) is 7.68. The van der Waals surface area contributed by atoms with E-state index in [0.29, 0.717) is 17.2 Å². The number of aromatic nitrogens is 7. The molecule has 0 unspecified atom stereocenters. The number of hydrogen-bond acceptors (Lipinski definition) is 9. The van der Waals surface area contributed by atoms with Crippen molar-refractivity contribution >= 4 is 34.3 Å². The highest BCUT2D eigenvalue weighted by Crippen LogP contribution is 2.34. The number of amides is 1. The van der Waals surface area contributed by atoms with Crippen LogP contribution in [0.3, 0.4) is 0 Å². The van der Waals surface area contributed by atoms with Crippen LogP contribution in [0.25, 0.3) is 22.2 Å². The summed E-state index contributed by atoms with van der Waals surface area (Å²) in [4.78, 5) is 24.7. The number of fused-ring (bicyclic) bond motifs is 2. The number of pyridine rings is 1. The van der Waals surface area contributed by atoms with Crippen molar-refractivity contribution in [1.82, 2.24) is 40.3 Å². The Hall–Kier alpha value is -4.32. The first-order chi connectivity index (χ1) is 18.4. The summed E-state index contributed by atoms with van der Waals surface area (Å²) in [6.07, 6.45) is 1.84. The summed E-state index contributed by atoms with van der Waals surface area (Å²) in [5, 5.41) is 23.6.